The van der Waals surface area contributed by atoms with E-state index in [1.807, 2.05) is 48.5 Å². The lowest BCUT2D eigenvalue weighted by atomic mass is 10.1. The molecule has 0 radical (unpaired) electrons. The number of thioether (sulfide) groups is 2. The Balaban J connectivity index is 1.97. The van der Waals surface area contributed by atoms with E-state index in [0.29, 0.717) is 11.3 Å². The van der Waals surface area contributed by atoms with Gasteiger partial charge in [-0.3, -0.25) is 9.59 Å². The summed E-state index contributed by atoms with van der Waals surface area (Å²) >= 11 is 2.18. The molecule has 0 aromatic heterocycles. The quantitative estimate of drug-likeness (QED) is 0.342. The standard InChI is InChI=1S/C21H18O3S2/c1-4-20(22)25-14-13-24-18-9-5-16(6-10-18)17-7-11-19(12-8-17)26-21(23)15(2)3/h4-14H,1-2H2,3H3/b14-13-. The molecule has 0 bridgehead atoms. The molecule has 0 atom stereocenters. The molecule has 0 N–H and O–H groups in total. The highest BCUT2D eigenvalue weighted by Gasteiger charge is 2.06. The summed E-state index contributed by atoms with van der Waals surface area (Å²) < 4.78 is 5.44. The van der Waals surface area contributed by atoms with Gasteiger partial charge in [-0.25, -0.2) is 0 Å². The number of hydrogen-bond acceptors (Lipinski definition) is 5. The van der Waals surface area contributed by atoms with Crippen molar-refractivity contribution < 1.29 is 14.3 Å². The number of rotatable bonds is 7. The van der Waals surface area contributed by atoms with Gasteiger partial charge in [-0.2, -0.15) is 0 Å². The molecule has 0 saturated heterocycles. The Morgan fingerprint density at radius 1 is 1.00 bits per heavy atom. The molecule has 2 rings (SSSR count). The van der Waals surface area contributed by atoms with Crippen molar-refractivity contribution in [3.8, 4) is 16.9 Å². The van der Waals surface area contributed by atoms with E-state index in [0.717, 1.165) is 27.8 Å². The van der Waals surface area contributed by atoms with Crippen LogP contribution in [-0.2, 0) is 9.59 Å². The number of hydrogen-bond donors (Lipinski definition) is 0. The Labute approximate surface area is 161 Å². The van der Waals surface area contributed by atoms with Gasteiger partial charge in [0.05, 0.1) is 6.26 Å². The fourth-order valence-electron chi connectivity index (χ4n) is 1.88. The van der Waals surface area contributed by atoms with Crippen molar-refractivity contribution in [2.75, 3.05) is 0 Å². The van der Waals surface area contributed by atoms with Crippen LogP contribution in [0.1, 0.15) is 6.92 Å². The molecular formula is C21H18O3S2. The smallest absolute Gasteiger partial charge is 0.219 e. The van der Waals surface area contributed by atoms with Gasteiger partial charge in [0, 0.05) is 10.3 Å². The van der Waals surface area contributed by atoms with Crippen molar-refractivity contribution in [1.29, 1.82) is 0 Å². The summed E-state index contributed by atoms with van der Waals surface area (Å²) in [7, 11) is 0. The molecule has 2 aromatic rings. The van der Waals surface area contributed by atoms with Crippen LogP contribution in [0.15, 0.2) is 89.9 Å². The van der Waals surface area contributed by atoms with E-state index < -0.39 is 0 Å². The molecule has 0 unspecified atom stereocenters. The summed E-state index contributed by atoms with van der Waals surface area (Å²) in [6, 6.07) is 15.4. The zero-order chi connectivity index (χ0) is 18.9. The van der Waals surface area contributed by atoms with Crippen molar-refractivity contribution in [2.24, 2.45) is 0 Å². The average molecular weight is 383 g/mol. The Kier molecular flexibility index (Phi) is 7.51. The van der Waals surface area contributed by atoms with Crippen molar-refractivity contribution >= 4 is 33.8 Å². The van der Waals surface area contributed by atoms with Gasteiger partial charge in [0.25, 0.3) is 0 Å². The van der Waals surface area contributed by atoms with Gasteiger partial charge in [0.2, 0.25) is 10.2 Å². The molecule has 5 heteroatoms. The highest BCUT2D eigenvalue weighted by atomic mass is 32.2. The van der Waals surface area contributed by atoms with Crippen LogP contribution >= 0.6 is 23.5 Å². The zero-order valence-electron chi connectivity index (χ0n) is 14.3. The molecule has 0 aliphatic heterocycles. The summed E-state index contributed by atoms with van der Waals surface area (Å²) in [6.45, 7) is 8.76. The van der Waals surface area contributed by atoms with Gasteiger partial charge in [0.15, 0.2) is 0 Å². The predicted octanol–water partition coefficient (Wildman–Crippen LogP) is 5.84. The largest absolute Gasteiger partial charge is 0.464 e. The maximum atomic E-state index is 11.7. The van der Waals surface area contributed by atoms with E-state index in [1.165, 1.54) is 24.1 Å². The highest BCUT2D eigenvalue weighted by molar-refractivity contribution is 8.16. The Morgan fingerprint density at radius 2 is 1.58 bits per heavy atom. The van der Waals surface area contributed by atoms with Crippen molar-refractivity contribution in [3.63, 3.8) is 0 Å². The maximum Gasteiger partial charge on any atom is 0.219 e. The second-order valence-electron chi connectivity index (χ2n) is 5.25. The second-order valence-corrected chi connectivity index (χ2v) is 7.21. The molecule has 0 saturated carbocycles. The lowest BCUT2D eigenvalue weighted by Gasteiger charge is -2.05. The van der Waals surface area contributed by atoms with Gasteiger partial charge in [-0.1, -0.05) is 49.2 Å². The first-order chi connectivity index (χ1) is 12.5. The van der Waals surface area contributed by atoms with E-state index >= 15 is 0 Å². The van der Waals surface area contributed by atoms with Crippen LogP contribution in [0.5, 0.6) is 5.75 Å². The van der Waals surface area contributed by atoms with Gasteiger partial charge < -0.3 is 4.74 Å². The third-order valence-electron chi connectivity index (χ3n) is 3.21. The lowest BCUT2D eigenvalue weighted by Crippen LogP contribution is -1.90. The van der Waals surface area contributed by atoms with E-state index in [1.54, 1.807) is 12.3 Å². The van der Waals surface area contributed by atoms with Gasteiger partial charge >= 0.3 is 0 Å². The van der Waals surface area contributed by atoms with Crippen LogP contribution in [0.2, 0.25) is 0 Å². The van der Waals surface area contributed by atoms with E-state index in [4.69, 9.17) is 4.74 Å². The van der Waals surface area contributed by atoms with Crippen molar-refractivity contribution in [3.05, 3.63) is 85.0 Å². The normalized spacial score (nSPS) is 10.5. The number of carbonyl (C=O) groups is 2. The second kappa shape index (κ2) is 9.85. The fraction of sp³-hybridized carbons (Fsp3) is 0.0476. The fourth-order valence-corrected chi connectivity index (χ4v) is 2.89. The number of benzene rings is 2. The van der Waals surface area contributed by atoms with Crippen LogP contribution < -0.4 is 4.74 Å². The number of carbonyl (C=O) groups excluding carboxylic acids is 2. The molecule has 132 valence electrons. The Bertz CT molecular complexity index is 835. The molecule has 0 amide bonds. The first-order valence-corrected chi connectivity index (χ1v) is 9.42. The first kappa shape index (κ1) is 19.8. The molecule has 0 fully saturated rings. The van der Waals surface area contributed by atoms with Crippen molar-refractivity contribution in [2.45, 2.75) is 11.8 Å². The molecule has 0 spiro atoms. The van der Waals surface area contributed by atoms with Gasteiger partial charge in [-0.05, 0) is 65.7 Å². The number of ether oxygens (including phenoxy) is 1. The minimum Gasteiger partial charge on any atom is -0.464 e. The summed E-state index contributed by atoms with van der Waals surface area (Å²) in [6.07, 6.45) is 2.72. The Morgan fingerprint density at radius 3 is 2.12 bits per heavy atom. The third kappa shape index (κ3) is 6.10. The molecule has 0 aliphatic carbocycles. The summed E-state index contributed by atoms with van der Waals surface area (Å²) in [5.74, 6) is 0.677. The minimum absolute atomic E-state index is 0.0275. The molecular weight excluding hydrogens is 364 g/mol. The van der Waals surface area contributed by atoms with E-state index in [9.17, 15) is 9.59 Å². The minimum atomic E-state index is -0.133. The topological polar surface area (TPSA) is 43.4 Å². The monoisotopic (exact) mass is 382 g/mol. The molecule has 26 heavy (non-hydrogen) atoms. The zero-order valence-corrected chi connectivity index (χ0v) is 15.9. The van der Waals surface area contributed by atoms with Crippen LogP contribution in [-0.4, -0.2) is 10.2 Å². The predicted molar refractivity (Wildman–Crippen MR) is 110 cm³/mol. The van der Waals surface area contributed by atoms with Crippen LogP contribution in [0.25, 0.3) is 11.1 Å². The van der Waals surface area contributed by atoms with E-state index in [2.05, 4.69) is 13.2 Å². The maximum absolute atomic E-state index is 11.7. The lowest BCUT2D eigenvalue weighted by molar-refractivity contribution is -0.108. The van der Waals surface area contributed by atoms with Gasteiger partial charge in [-0.15, -0.1) is 0 Å². The third-order valence-corrected chi connectivity index (χ3v) is 4.90. The molecule has 3 nitrogen and oxygen atoms in total. The Hall–Kier alpha value is -2.50. The summed E-state index contributed by atoms with van der Waals surface area (Å²) in [4.78, 5) is 23.6. The highest BCUT2D eigenvalue weighted by Crippen LogP contribution is 2.27. The SMILES string of the molecule is C=CC(=O)S/C=C\Oc1ccc(-c2ccc(SC(=O)C(=C)C)cc2)cc1. The van der Waals surface area contributed by atoms with E-state index in [-0.39, 0.29) is 10.2 Å². The summed E-state index contributed by atoms with van der Waals surface area (Å²) in [5, 5.41) is 1.41. The average Bonchev–Trinajstić information content (AvgIpc) is 2.66. The molecule has 0 heterocycles. The molecule has 0 aliphatic rings. The summed E-state index contributed by atoms with van der Waals surface area (Å²) in [5.41, 5.74) is 2.63. The van der Waals surface area contributed by atoms with Crippen LogP contribution in [0.4, 0.5) is 0 Å². The van der Waals surface area contributed by atoms with Crippen LogP contribution in [0, 0.1) is 0 Å². The molecule has 2 aromatic carbocycles. The van der Waals surface area contributed by atoms with Crippen molar-refractivity contribution in [1.82, 2.24) is 0 Å². The first-order valence-electron chi connectivity index (χ1n) is 7.72. The van der Waals surface area contributed by atoms with Gasteiger partial charge in [0.1, 0.15) is 5.75 Å². The van der Waals surface area contributed by atoms with Crippen LogP contribution in [0.3, 0.4) is 0 Å².